The van der Waals surface area contributed by atoms with E-state index in [4.69, 9.17) is 24.0 Å². The molecule has 2 aliphatic heterocycles. The van der Waals surface area contributed by atoms with Gasteiger partial charge in [0, 0.05) is 18.7 Å². The third-order valence-electron chi connectivity index (χ3n) is 11.0. The fourth-order valence-electron chi connectivity index (χ4n) is 9.10. The van der Waals surface area contributed by atoms with Crippen LogP contribution in [0.4, 0.5) is 0 Å². The average Bonchev–Trinajstić information content (AvgIpc) is 3.40. The van der Waals surface area contributed by atoms with E-state index in [2.05, 4.69) is 5.32 Å². The summed E-state index contributed by atoms with van der Waals surface area (Å²) in [5.41, 5.74) is -0.543. The minimum absolute atomic E-state index is 0.129. The predicted molar refractivity (Wildman–Crippen MR) is 159 cm³/mol. The van der Waals surface area contributed by atoms with E-state index in [1.165, 1.54) is 24.7 Å². The van der Waals surface area contributed by atoms with Crippen molar-refractivity contribution in [3.63, 3.8) is 0 Å². The quantitative estimate of drug-likeness (QED) is 0.253. The Morgan fingerprint density at radius 3 is 2.33 bits per heavy atom. The maximum Gasteiger partial charge on any atom is 0.377 e. The molecule has 1 spiro atoms. The molecule has 7 atom stereocenters. The molecule has 2 saturated heterocycles. The van der Waals surface area contributed by atoms with E-state index >= 15 is 0 Å². The zero-order valence-electron chi connectivity index (χ0n) is 25.5. The fourth-order valence-corrected chi connectivity index (χ4v) is 10.3. The molecule has 6 aliphatic rings. The van der Waals surface area contributed by atoms with Gasteiger partial charge in [-0.15, -0.1) is 11.3 Å². The summed E-state index contributed by atoms with van der Waals surface area (Å²) < 4.78 is 19.0. The van der Waals surface area contributed by atoms with Crippen LogP contribution in [0.25, 0.3) is 10.1 Å². The van der Waals surface area contributed by atoms with Gasteiger partial charge in [0.2, 0.25) is 5.91 Å². The van der Waals surface area contributed by atoms with E-state index < -0.39 is 65.9 Å². The Balaban J connectivity index is 1.19. The molecule has 4 saturated carbocycles. The van der Waals surface area contributed by atoms with Crippen LogP contribution in [0.3, 0.4) is 0 Å². The molecule has 45 heavy (non-hydrogen) atoms. The Hall–Kier alpha value is -2.36. The lowest BCUT2D eigenvalue weighted by atomic mass is 9.47. The number of aliphatic hydroxyl groups excluding tert-OH is 3. The van der Waals surface area contributed by atoms with Crippen molar-refractivity contribution in [1.29, 1.82) is 0 Å². The van der Waals surface area contributed by atoms with Gasteiger partial charge < -0.3 is 40.0 Å². The number of hydrogen-bond donors (Lipinski definition) is 5. The number of rotatable bonds is 9. The lowest BCUT2D eigenvalue weighted by molar-refractivity contribution is -0.644. The second-order valence-electron chi connectivity index (χ2n) is 13.6. The molecule has 4 aliphatic carbocycles. The topological polar surface area (TPSA) is 173 Å². The van der Waals surface area contributed by atoms with Gasteiger partial charge in [0.05, 0.1) is 29.5 Å². The van der Waals surface area contributed by atoms with E-state index in [0.717, 1.165) is 52.5 Å². The van der Waals surface area contributed by atoms with E-state index in [-0.39, 0.29) is 12.2 Å². The average molecular weight is 648 g/mol. The molecule has 246 valence electrons. The van der Waals surface area contributed by atoms with Gasteiger partial charge in [0.15, 0.2) is 5.60 Å². The van der Waals surface area contributed by atoms with Crippen LogP contribution < -0.4 is 10.1 Å². The summed E-state index contributed by atoms with van der Waals surface area (Å²) in [5, 5.41) is 45.9. The Labute approximate surface area is 264 Å². The number of amides is 1. The molecule has 13 heteroatoms. The van der Waals surface area contributed by atoms with Gasteiger partial charge in [-0.05, 0) is 91.8 Å². The lowest BCUT2D eigenvalue weighted by Crippen LogP contribution is -2.76. The maximum atomic E-state index is 12.7. The number of carboxylic acids is 1. The molecule has 1 aromatic carbocycles. The third kappa shape index (κ3) is 4.65. The predicted octanol–water partition coefficient (Wildman–Crippen LogP) is 2.80. The first-order valence-corrected chi connectivity index (χ1v) is 16.6. The second kappa shape index (κ2) is 11.1. The van der Waals surface area contributed by atoms with Crippen LogP contribution in [-0.2, 0) is 34.6 Å². The van der Waals surface area contributed by atoms with Gasteiger partial charge in [0.25, 0.3) is 5.79 Å². The molecular weight excluding hydrogens is 606 g/mol. The first kappa shape index (κ1) is 31.3. The summed E-state index contributed by atoms with van der Waals surface area (Å²) in [5.74, 6) is -3.16. The highest BCUT2D eigenvalue weighted by molar-refractivity contribution is 7.19. The number of methoxy groups -OCH3 is 1. The molecule has 0 radical (unpaired) electrons. The van der Waals surface area contributed by atoms with Gasteiger partial charge in [-0.25, -0.2) is 9.68 Å². The number of benzene rings is 1. The van der Waals surface area contributed by atoms with E-state index in [0.29, 0.717) is 11.8 Å². The number of nitrogens with one attached hydrogen (secondary N) is 1. The van der Waals surface area contributed by atoms with Crippen molar-refractivity contribution in [2.75, 3.05) is 7.11 Å². The zero-order valence-corrected chi connectivity index (χ0v) is 26.3. The first-order valence-electron chi connectivity index (χ1n) is 15.8. The number of thiophene rings is 1. The van der Waals surface area contributed by atoms with Crippen LogP contribution >= 0.6 is 11.3 Å². The van der Waals surface area contributed by atoms with Gasteiger partial charge in [-0.3, -0.25) is 4.79 Å². The van der Waals surface area contributed by atoms with Crippen molar-refractivity contribution in [3.8, 4) is 5.75 Å². The number of carbonyl (C=O) groups is 2. The Kier molecular flexibility index (Phi) is 7.72. The molecule has 12 nitrogen and oxygen atoms in total. The Morgan fingerprint density at radius 1 is 1.09 bits per heavy atom. The Bertz CT molecular complexity index is 1450. The second-order valence-corrected chi connectivity index (χ2v) is 14.7. The zero-order chi connectivity index (χ0) is 31.9. The number of fused-ring (bicyclic) bond motifs is 1. The first-order chi connectivity index (χ1) is 21.4. The summed E-state index contributed by atoms with van der Waals surface area (Å²) in [6.07, 6.45) is -0.513. The number of carbonyl (C=O) groups excluding carboxylic acids is 1. The molecule has 8 rings (SSSR count). The van der Waals surface area contributed by atoms with Gasteiger partial charge in [0.1, 0.15) is 18.0 Å². The van der Waals surface area contributed by atoms with Gasteiger partial charge >= 0.3 is 11.8 Å². The van der Waals surface area contributed by atoms with Crippen molar-refractivity contribution in [2.45, 2.75) is 106 Å². The smallest absolute Gasteiger partial charge is 0.377 e. The summed E-state index contributed by atoms with van der Waals surface area (Å²) in [4.78, 5) is 37.5. The van der Waals surface area contributed by atoms with Gasteiger partial charge in [-0.2, -0.15) is 4.89 Å². The van der Waals surface area contributed by atoms with Gasteiger partial charge in [-0.1, -0.05) is 6.92 Å². The number of ether oxygens (including phenoxy) is 3. The minimum Gasteiger partial charge on any atom is -0.476 e. The molecule has 2 aromatic rings. The highest BCUT2D eigenvalue weighted by atomic mass is 32.1. The molecule has 1 amide bonds. The fraction of sp³-hybridized carbons (Fsp3) is 0.688. The number of hydrogen-bond acceptors (Lipinski definition) is 11. The maximum absolute atomic E-state index is 12.7. The van der Waals surface area contributed by atoms with E-state index in [1.54, 1.807) is 26.2 Å². The van der Waals surface area contributed by atoms with Crippen LogP contribution in [0.2, 0.25) is 0 Å². The third-order valence-corrected chi connectivity index (χ3v) is 12.2. The summed E-state index contributed by atoms with van der Waals surface area (Å²) in [6, 6.07) is 5.91. The molecule has 4 bridgehead atoms. The number of aliphatic carboxylic acids is 1. The highest BCUT2D eigenvalue weighted by Crippen LogP contribution is 2.70. The largest absolute Gasteiger partial charge is 0.476 e. The summed E-state index contributed by atoms with van der Waals surface area (Å²) >= 11 is 1.53. The number of aliphatic hydroxyl groups is 3. The van der Waals surface area contributed by atoms with Crippen LogP contribution in [0.5, 0.6) is 5.75 Å². The molecule has 3 heterocycles. The summed E-state index contributed by atoms with van der Waals surface area (Å²) in [6.45, 7) is 2.86. The van der Waals surface area contributed by atoms with Crippen LogP contribution in [0.15, 0.2) is 24.3 Å². The molecule has 1 aromatic heterocycles. The highest BCUT2D eigenvalue weighted by Gasteiger charge is 2.77. The molecule has 6 fully saturated rings. The van der Waals surface area contributed by atoms with E-state index in [1.807, 2.05) is 12.1 Å². The molecular formula is C32H41NO11S. The molecule has 7 unspecified atom stereocenters. The van der Waals surface area contributed by atoms with Crippen LogP contribution in [0, 0.1) is 23.7 Å². The van der Waals surface area contributed by atoms with Crippen molar-refractivity contribution in [1.82, 2.24) is 5.32 Å². The van der Waals surface area contributed by atoms with Crippen LogP contribution in [0.1, 0.15) is 63.7 Å². The standard InChI is InChI=1S/C32H41NO11S/c1-4-22(35)27(37)28-26(33-15(2)34)23(36)14-30(42-28,29(38)39)41-21-5-6-24-18(12-21)13-25(45-24)32(40-3)31(43-44-32)19-8-16-7-17(10-19)11-20(31)9-16/h5-6,12-13,16-17,19-20,22-23,26-28,35-37H,4,7-11,14H2,1-3H3,(H,33,34)(H,38,39). The normalized spacial score (nSPS) is 41.5. The minimum atomic E-state index is -2.41. The lowest BCUT2D eigenvalue weighted by Gasteiger charge is -2.68. The molecule has 5 N–H and O–H groups in total. The van der Waals surface area contributed by atoms with Crippen molar-refractivity contribution in [3.05, 3.63) is 29.1 Å². The van der Waals surface area contributed by atoms with Crippen molar-refractivity contribution >= 4 is 33.3 Å². The Morgan fingerprint density at radius 2 is 1.78 bits per heavy atom. The number of carboxylic acid groups (broad SMARTS) is 1. The SMILES string of the molecule is CCC(O)C(O)C1OC(Oc2ccc3sc(C4(OC)OOC45C4CC6CC(C4)CC5C6)cc3c2)(C(=O)O)CC(O)C1NC(C)=O. The van der Waals surface area contributed by atoms with Crippen molar-refractivity contribution in [2.24, 2.45) is 23.7 Å². The van der Waals surface area contributed by atoms with E-state index in [9.17, 15) is 30.0 Å². The van der Waals surface area contributed by atoms with Crippen LogP contribution in [-0.4, -0.2) is 81.3 Å². The monoisotopic (exact) mass is 647 g/mol. The van der Waals surface area contributed by atoms with Crippen molar-refractivity contribution < 1.29 is 54.0 Å². The summed E-state index contributed by atoms with van der Waals surface area (Å²) in [7, 11) is 1.66.